The van der Waals surface area contributed by atoms with Gasteiger partial charge in [0.15, 0.2) is 0 Å². The van der Waals surface area contributed by atoms with Crippen LogP contribution >= 0.6 is 0 Å². The Hall–Kier alpha value is 2.03. The Labute approximate surface area is 89.7 Å². The molecule has 0 rings (SSSR count). The van der Waals surface area contributed by atoms with E-state index in [4.69, 9.17) is 4.79 Å². The first-order valence-electron chi connectivity index (χ1n) is 0.686. The Morgan fingerprint density at radius 2 is 1.67 bits per heavy atom. The van der Waals surface area contributed by atoms with Crippen LogP contribution in [0.2, 0.25) is 0 Å². The van der Waals surface area contributed by atoms with Gasteiger partial charge in [-0.15, -0.1) is 0 Å². The van der Waals surface area contributed by atoms with E-state index >= 15 is 0 Å². The van der Waals surface area contributed by atoms with Crippen LogP contribution in [-0.2, 0) is 4.79 Å². The Bertz CT molecular complexity index is 48.8. The van der Waals surface area contributed by atoms with Crippen molar-refractivity contribution in [3.63, 3.8) is 0 Å². The van der Waals surface area contributed by atoms with E-state index in [1.54, 1.807) is 0 Å². The molecule has 0 aliphatic rings. The molecule has 0 bridgehead atoms. The molecule has 0 N–H and O–H groups in total. The van der Waals surface area contributed by atoms with E-state index in [1.165, 1.54) is 6.08 Å². The van der Waals surface area contributed by atoms with E-state index in [-0.39, 0.29) is 52.4 Å². The third-order valence-corrected chi connectivity index (χ3v) is 0.462. The molecule has 0 amide bonds. The fourth-order valence-corrected chi connectivity index (χ4v) is 0. The molecule has 2 nitrogen and oxygen atoms in total. The summed E-state index contributed by atoms with van der Waals surface area (Å²) in [6, 6.07) is 0. The third-order valence-electron chi connectivity index (χ3n) is 0.0527. The summed E-state index contributed by atoms with van der Waals surface area (Å²) in [5.41, 5.74) is 0. The van der Waals surface area contributed by atoms with Gasteiger partial charge in [0, 0.05) is 0 Å². The van der Waals surface area contributed by atoms with Crippen molar-refractivity contribution in [2.45, 2.75) is 0 Å². The van der Waals surface area contributed by atoms with Crippen LogP contribution in [0.25, 0.3) is 0 Å². The van der Waals surface area contributed by atoms with Gasteiger partial charge in [0.05, 0.1) is 0 Å². The van der Waals surface area contributed by atoms with E-state index in [9.17, 15) is 0 Å². The van der Waals surface area contributed by atoms with Gasteiger partial charge in [-0.3, -0.25) is 0 Å². The predicted molar refractivity (Wildman–Crippen MR) is 36.5 cm³/mol. The number of nitrogens with zero attached hydrogens (tertiary/aromatic N) is 1. The van der Waals surface area contributed by atoms with Gasteiger partial charge >= 0.3 is 91.2 Å². The second-order valence-corrected chi connectivity index (χ2v) is 1.22. The zero-order valence-corrected chi connectivity index (χ0v) is 18.8. The van der Waals surface area contributed by atoms with E-state index in [0.717, 1.165) is 0 Å². The third kappa shape index (κ3) is 16.6. The molecule has 0 unspecified atom stereocenters. The molecule has 0 aromatic rings. The van der Waals surface area contributed by atoms with Gasteiger partial charge in [0.1, 0.15) is 0 Å². The monoisotopic (exact) mass is 677 g/mol. The van der Waals surface area contributed by atoms with Crippen molar-refractivity contribution in [3.8, 4) is 0 Å². The fraction of sp³-hybridized carbons (Fsp3) is 0. The first-order chi connectivity index (χ1) is 1.91. The molecule has 0 aliphatic heterocycles. The SMILES string of the molecule is O=C=[N][BiH2].[BiH3].[BiH3]. The molecule has 38 valence electrons. The van der Waals surface area contributed by atoms with Crippen LogP contribution in [0.3, 0.4) is 0 Å². The first-order valence-corrected chi connectivity index (χ1v) is 2.69. The van der Waals surface area contributed by atoms with Gasteiger partial charge in [-0.1, -0.05) is 0 Å². The molecule has 0 aromatic carbocycles. The average molecular weight is 677 g/mol. The van der Waals surface area contributed by atoms with Crippen LogP contribution in [0, 0.1) is 0 Å². The molecule has 0 saturated heterocycles. The fourth-order valence-electron chi connectivity index (χ4n) is 0. The van der Waals surface area contributed by atoms with Crippen molar-refractivity contribution in [1.29, 1.82) is 0 Å². The van der Waals surface area contributed by atoms with E-state index in [1.807, 2.05) is 0 Å². The molecule has 0 aromatic heterocycles. The van der Waals surface area contributed by atoms with Crippen molar-refractivity contribution in [1.82, 2.24) is 0 Å². The molecule has 0 fully saturated rings. The van der Waals surface area contributed by atoms with Crippen LogP contribution in [0.15, 0.2) is 2.94 Å². The molecule has 5 heteroatoms. The topological polar surface area (TPSA) is 29.4 Å². The van der Waals surface area contributed by atoms with Gasteiger partial charge in [0.25, 0.3) is 0 Å². The van der Waals surface area contributed by atoms with Gasteiger partial charge in [-0.25, -0.2) is 0 Å². The van der Waals surface area contributed by atoms with Gasteiger partial charge in [-0.2, -0.15) is 0 Å². The normalized spacial score (nSPS) is 2.83. The molecule has 0 heterocycles. The van der Waals surface area contributed by atoms with Gasteiger partial charge < -0.3 is 0 Å². The quantitative estimate of drug-likeness (QED) is 0.149. The minimum atomic E-state index is 0. The summed E-state index contributed by atoms with van der Waals surface area (Å²) in [4.78, 5) is 8.92. The number of isocyanates is 1. The molecule has 0 spiro atoms. The van der Waals surface area contributed by atoms with Crippen LogP contribution in [0.4, 0.5) is 0 Å². The standard InChI is InChI=1S/CNO.3Bi.8H/c2-1-3;;;;;;;;;;;/q-1;;;+1;;;;;;;;. The van der Waals surface area contributed by atoms with Crippen LogP contribution in [-0.4, -0.2) is 83.5 Å². The molecule has 0 saturated carbocycles. The van der Waals surface area contributed by atoms with Gasteiger partial charge in [-0.05, 0) is 0 Å². The molecule has 0 aliphatic carbocycles. The zero-order valence-electron chi connectivity index (χ0n) is 3.35. The predicted octanol–water partition coefficient (Wildman–Crippen LogP) is -3.50. The summed E-state index contributed by atoms with van der Waals surface area (Å²) >= 11 is 0.433. The summed E-state index contributed by atoms with van der Waals surface area (Å²) in [5, 5.41) is 0. The van der Waals surface area contributed by atoms with Crippen molar-refractivity contribution >= 4 is 83.5 Å². The summed E-state index contributed by atoms with van der Waals surface area (Å²) in [5.74, 6) is 0. The number of hydrogen-bond acceptors (Lipinski definition) is 2. The Morgan fingerprint density at radius 1 is 1.50 bits per heavy atom. The Kier molecular flexibility index (Phi) is 41.1. The van der Waals surface area contributed by atoms with Crippen molar-refractivity contribution in [2.24, 2.45) is 2.94 Å². The maximum absolute atomic E-state index is 8.92. The van der Waals surface area contributed by atoms with E-state index < -0.39 is 0 Å². The summed E-state index contributed by atoms with van der Waals surface area (Å²) in [6.45, 7) is 0. The van der Waals surface area contributed by atoms with Crippen molar-refractivity contribution in [2.75, 3.05) is 0 Å². The van der Waals surface area contributed by atoms with Gasteiger partial charge in [0.2, 0.25) is 0 Å². The minimum absolute atomic E-state index is 0. The molecular formula is CH8Bi3NO. The van der Waals surface area contributed by atoms with E-state index in [2.05, 4.69) is 2.94 Å². The first kappa shape index (κ1) is 15.7. The second kappa shape index (κ2) is 15.7. The number of hydrogen-bond donors (Lipinski definition) is 0. The molecule has 0 atom stereocenters. The van der Waals surface area contributed by atoms with E-state index in [0.29, 0.717) is 25.0 Å². The van der Waals surface area contributed by atoms with Crippen LogP contribution < -0.4 is 0 Å². The Balaban J connectivity index is -0.0000000450. The maximum atomic E-state index is 8.92. The summed E-state index contributed by atoms with van der Waals surface area (Å²) < 4.78 is 3.10. The molecule has 6 heavy (non-hydrogen) atoms. The average Bonchev–Trinajstić information content (AvgIpc) is 1.37. The number of carbonyl (C=O) groups excluding carboxylic acids is 1. The molecule has 0 radical (unpaired) electrons. The van der Waals surface area contributed by atoms with Crippen LogP contribution in [0.5, 0.6) is 0 Å². The summed E-state index contributed by atoms with van der Waals surface area (Å²) in [7, 11) is 0. The summed E-state index contributed by atoms with van der Waals surface area (Å²) in [6.07, 6.45) is 1.38. The number of rotatable bonds is 0. The zero-order chi connectivity index (χ0) is 3.41. The van der Waals surface area contributed by atoms with Crippen LogP contribution in [0.1, 0.15) is 0 Å². The molecular weight excluding hydrogens is 669 g/mol. The van der Waals surface area contributed by atoms with Crippen molar-refractivity contribution < 1.29 is 4.79 Å². The van der Waals surface area contributed by atoms with Crippen molar-refractivity contribution in [3.05, 3.63) is 0 Å². The second-order valence-electron chi connectivity index (χ2n) is 0.220. The Morgan fingerprint density at radius 3 is 1.67 bits per heavy atom.